The average Bonchev–Trinajstić information content (AvgIpc) is 2.87. The SMILES string of the molecule is CCCNC(c1cc(F)cc(F)c1)c1ccc(COC)o1. The lowest BCUT2D eigenvalue weighted by Crippen LogP contribution is -2.23. The third-order valence-electron chi connectivity index (χ3n) is 3.07. The second-order valence-corrected chi connectivity index (χ2v) is 4.83. The van der Waals surface area contributed by atoms with Gasteiger partial charge in [-0.3, -0.25) is 0 Å². The Morgan fingerprint density at radius 2 is 1.90 bits per heavy atom. The van der Waals surface area contributed by atoms with E-state index in [-0.39, 0.29) is 6.04 Å². The van der Waals surface area contributed by atoms with Gasteiger partial charge in [0.25, 0.3) is 0 Å². The molecule has 0 aliphatic carbocycles. The molecule has 2 rings (SSSR count). The molecule has 0 saturated heterocycles. The number of benzene rings is 1. The molecule has 21 heavy (non-hydrogen) atoms. The molecular formula is C16H19F2NO2. The van der Waals surface area contributed by atoms with Crippen molar-refractivity contribution in [2.75, 3.05) is 13.7 Å². The van der Waals surface area contributed by atoms with E-state index in [1.54, 1.807) is 19.2 Å². The Morgan fingerprint density at radius 1 is 1.19 bits per heavy atom. The maximum absolute atomic E-state index is 13.4. The highest BCUT2D eigenvalue weighted by molar-refractivity contribution is 5.28. The zero-order chi connectivity index (χ0) is 15.2. The number of halogens is 2. The number of furan rings is 1. The van der Waals surface area contributed by atoms with Crippen LogP contribution >= 0.6 is 0 Å². The van der Waals surface area contributed by atoms with E-state index < -0.39 is 11.6 Å². The van der Waals surface area contributed by atoms with E-state index in [1.807, 2.05) is 6.92 Å². The van der Waals surface area contributed by atoms with E-state index in [2.05, 4.69) is 5.32 Å². The Morgan fingerprint density at radius 3 is 2.52 bits per heavy atom. The molecule has 1 unspecified atom stereocenters. The minimum atomic E-state index is -0.600. The molecule has 3 nitrogen and oxygen atoms in total. The molecule has 1 heterocycles. The summed E-state index contributed by atoms with van der Waals surface area (Å²) in [6.45, 7) is 3.09. The van der Waals surface area contributed by atoms with Crippen molar-refractivity contribution in [3.05, 3.63) is 59.1 Å². The van der Waals surface area contributed by atoms with Crippen molar-refractivity contribution in [1.29, 1.82) is 0 Å². The van der Waals surface area contributed by atoms with E-state index in [0.29, 0.717) is 30.2 Å². The Labute approximate surface area is 122 Å². The van der Waals surface area contributed by atoms with Gasteiger partial charge in [-0.05, 0) is 42.8 Å². The Hall–Kier alpha value is -1.72. The molecule has 0 amide bonds. The van der Waals surface area contributed by atoms with Crippen LogP contribution in [0.1, 0.15) is 36.5 Å². The van der Waals surface area contributed by atoms with Gasteiger partial charge < -0.3 is 14.5 Å². The molecule has 1 aromatic carbocycles. The van der Waals surface area contributed by atoms with Gasteiger partial charge in [-0.2, -0.15) is 0 Å². The standard InChI is InChI=1S/C16H19F2NO2/c1-3-6-19-16(11-7-12(17)9-13(18)8-11)15-5-4-14(21-15)10-20-2/h4-5,7-9,16,19H,3,6,10H2,1-2H3. The molecule has 0 aliphatic heterocycles. The molecule has 2 aromatic rings. The number of rotatable bonds is 7. The van der Waals surface area contributed by atoms with E-state index in [9.17, 15) is 8.78 Å². The maximum atomic E-state index is 13.4. The van der Waals surface area contributed by atoms with Crippen LogP contribution < -0.4 is 5.32 Å². The summed E-state index contributed by atoms with van der Waals surface area (Å²) in [7, 11) is 1.58. The minimum Gasteiger partial charge on any atom is -0.462 e. The molecule has 0 radical (unpaired) electrons. The molecule has 0 fully saturated rings. The molecule has 0 aliphatic rings. The molecule has 0 bridgehead atoms. The van der Waals surface area contributed by atoms with Crippen LogP contribution in [0.4, 0.5) is 8.78 Å². The minimum absolute atomic E-state index is 0.359. The van der Waals surface area contributed by atoms with Crippen LogP contribution in [0.3, 0.4) is 0 Å². The predicted octanol–water partition coefficient (Wildman–Crippen LogP) is 3.79. The van der Waals surface area contributed by atoms with Crippen molar-refractivity contribution in [2.24, 2.45) is 0 Å². The number of nitrogens with one attached hydrogen (secondary N) is 1. The third-order valence-corrected chi connectivity index (χ3v) is 3.07. The van der Waals surface area contributed by atoms with Crippen LogP contribution in [-0.4, -0.2) is 13.7 Å². The first-order chi connectivity index (χ1) is 10.1. The van der Waals surface area contributed by atoms with E-state index in [1.165, 1.54) is 12.1 Å². The lowest BCUT2D eigenvalue weighted by atomic mass is 10.0. The Balaban J connectivity index is 2.31. The van der Waals surface area contributed by atoms with Crippen molar-refractivity contribution in [2.45, 2.75) is 26.0 Å². The fraction of sp³-hybridized carbons (Fsp3) is 0.375. The molecule has 0 spiro atoms. The summed E-state index contributed by atoms with van der Waals surface area (Å²) in [5, 5.41) is 3.24. The van der Waals surface area contributed by atoms with Gasteiger partial charge in [0.15, 0.2) is 0 Å². The molecule has 5 heteroatoms. The topological polar surface area (TPSA) is 34.4 Å². The zero-order valence-electron chi connectivity index (χ0n) is 12.2. The van der Waals surface area contributed by atoms with Crippen molar-refractivity contribution < 1.29 is 17.9 Å². The largest absolute Gasteiger partial charge is 0.462 e. The van der Waals surface area contributed by atoms with Gasteiger partial charge in [0.05, 0.1) is 6.04 Å². The maximum Gasteiger partial charge on any atom is 0.129 e. The first kappa shape index (κ1) is 15.7. The van der Waals surface area contributed by atoms with Crippen molar-refractivity contribution >= 4 is 0 Å². The molecule has 1 aromatic heterocycles. The second kappa shape index (κ2) is 7.33. The van der Waals surface area contributed by atoms with E-state index in [4.69, 9.17) is 9.15 Å². The van der Waals surface area contributed by atoms with Gasteiger partial charge in [-0.1, -0.05) is 6.92 Å². The van der Waals surface area contributed by atoms with Crippen molar-refractivity contribution in [1.82, 2.24) is 5.32 Å². The van der Waals surface area contributed by atoms with Crippen LogP contribution in [-0.2, 0) is 11.3 Å². The summed E-state index contributed by atoms with van der Waals surface area (Å²) in [4.78, 5) is 0. The number of hydrogen-bond donors (Lipinski definition) is 1. The fourth-order valence-corrected chi connectivity index (χ4v) is 2.18. The summed E-state index contributed by atoms with van der Waals surface area (Å²) in [6, 6.07) is 6.70. The van der Waals surface area contributed by atoms with Gasteiger partial charge in [-0.15, -0.1) is 0 Å². The van der Waals surface area contributed by atoms with Crippen LogP contribution in [0.5, 0.6) is 0 Å². The van der Waals surface area contributed by atoms with Gasteiger partial charge in [0.2, 0.25) is 0 Å². The summed E-state index contributed by atoms with van der Waals surface area (Å²) in [6.07, 6.45) is 0.903. The molecule has 114 valence electrons. The van der Waals surface area contributed by atoms with Crippen molar-refractivity contribution in [3.63, 3.8) is 0 Å². The number of hydrogen-bond acceptors (Lipinski definition) is 3. The van der Waals surface area contributed by atoms with Crippen LogP contribution in [0.15, 0.2) is 34.7 Å². The fourth-order valence-electron chi connectivity index (χ4n) is 2.18. The molecule has 0 saturated carbocycles. The monoisotopic (exact) mass is 295 g/mol. The summed E-state index contributed by atoms with van der Waals surface area (Å²) in [5.41, 5.74) is 0.499. The molecule has 1 atom stereocenters. The second-order valence-electron chi connectivity index (χ2n) is 4.83. The van der Waals surface area contributed by atoms with Crippen LogP contribution in [0, 0.1) is 11.6 Å². The number of methoxy groups -OCH3 is 1. The predicted molar refractivity (Wildman–Crippen MR) is 75.9 cm³/mol. The smallest absolute Gasteiger partial charge is 0.129 e. The average molecular weight is 295 g/mol. The van der Waals surface area contributed by atoms with E-state index >= 15 is 0 Å². The third kappa shape index (κ3) is 4.12. The molecular weight excluding hydrogens is 276 g/mol. The first-order valence-electron chi connectivity index (χ1n) is 6.91. The van der Waals surface area contributed by atoms with Gasteiger partial charge in [0.1, 0.15) is 29.8 Å². The highest BCUT2D eigenvalue weighted by Gasteiger charge is 2.19. The molecule has 1 N–H and O–H groups in total. The van der Waals surface area contributed by atoms with Gasteiger partial charge in [-0.25, -0.2) is 8.78 Å². The number of ether oxygens (including phenoxy) is 1. The highest BCUT2D eigenvalue weighted by atomic mass is 19.1. The Bertz CT molecular complexity index is 563. The van der Waals surface area contributed by atoms with Gasteiger partial charge >= 0.3 is 0 Å². The van der Waals surface area contributed by atoms with Crippen LogP contribution in [0.25, 0.3) is 0 Å². The van der Waals surface area contributed by atoms with Crippen molar-refractivity contribution in [3.8, 4) is 0 Å². The summed E-state index contributed by atoms with van der Waals surface area (Å²) >= 11 is 0. The van der Waals surface area contributed by atoms with Gasteiger partial charge in [0, 0.05) is 13.2 Å². The zero-order valence-corrected chi connectivity index (χ0v) is 12.2. The normalized spacial score (nSPS) is 12.6. The van der Waals surface area contributed by atoms with E-state index in [0.717, 1.165) is 12.5 Å². The first-order valence-corrected chi connectivity index (χ1v) is 6.91. The summed E-state index contributed by atoms with van der Waals surface area (Å²) in [5.74, 6) is 0.0853. The highest BCUT2D eigenvalue weighted by Crippen LogP contribution is 2.25. The quantitative estimate of drug-likeness (QED) is 0.844. The lowest BCUT2D eigenvalue weighted by molar-refractivity contribution is 0.162. The van der Waals surface area contributed by atoms with Crippen LogP contribution in [0.2, 0.25) is 0 Å². The lowest BCUT2D eigenvalue weighted by Gasteiger charge is -2.17. The summed E-state index contributed by atoms with van der Waals surface area (Å²) < 4.78 is 37.6. The Kier molecular flexibility index (Phi) is 5.47.